The molecule has 0 saturated heterocycles. The summed E-state index contributed by atoms with van der Waals surface area (Å²) in [5, 5.41) is 14.8. The van der Waals surface area contributed by atoms with E-state index >= 15 is 0 Å². The van der Waals surface area contributed by atoms with Crippen LogP contribution in [0.2, 0.25) is 0 Å². The highest BCUT2D eigenvalue weighted by Crippen LogP contribution is 2.28. The largest absolute Gasteiger partial charge is 0.493 e. The zero-order valence-corrected chi connectivity index (χ0v) is 11.8. The molecule has 0 aliphatic heterocycles. The molecule has 1 N–H and O–H groups in total. The van der Waals surface area contributed by atoms with Crippen LogP contribution in [0.1, 0.15) is 64.8 Å². The Morgan fingerprint density at radius 3 is 2.35 bits per heavy atom. The molecule has 1 heterocycles. The van der Waals surface area contributed by atoms with Crippen LogP contribution >= 0.6 is 0 Å². The Labute approximate surface area is 105 Å². The lowest BCUT2D eigenvalue weighted by Gasteiger charge is -2.08. The molecule has 0 bridgehead atoms. The van der Waals surface area contributed by atoms with E-state index in [1.165, 1.54) is 0 Å². The maximum Gasteiger partial charge on any atom is 0.213 e. The number of hydrogen-bond donors (Lipinski definition) is 1. The summed E-state index contributed by atoms with van der Waals surface area (Å²) in [6.45, 7) is 10.6. The summed E-state index contributed by atoms with van der Waals surface area (Å²) >= 11 is 0. The van der Waals surface area contributed by atoms with Gasteiger partial charge in [-0.05, 0) is 39.0 Å². The summed E-state index contributed by atoms with van der Waals surface area (Å²) < 4.78 is 1.75. The Balaban J connectivity index is 3.03. The Hall–Kier alpha value is -0.990. The SMILES string of the molecule is CCCCc1nn(C(C)C)c(O)c1CC(C)C. The molecule has 1 aromatic heterocycles. The lowest BCUT2D eigenvalue weighted by Crippen LogP contribution is -2.02. The second kappa shape index (κ2) is 6.08. The predicted molar refractivity (Wildman–Crippen MR) is 71.4 cm³/mol. The van der Waals surface area contributed by atoms with Crippen molar-refractivity contribution in [2.45, 2.75) is 66.3 Å². The monoisotopic (exact) mass is 238 g/mol. The van der Waals surface area contributed by atoms with E-state index in [1.807, 2.05) is 0 Å². The molecule has 0 atom stereocenters. The van der Waals surface area contributed by atoms with Crippen molar-refractivity contribution >= 4 is 0 Å². The van der Waals surface area contributed by atoms with Gasteiger partial charge in [0.1, 0.15) is 0 Å². The maximum absolute atomic E-state index is 10.2. The van der Waals surface area contributed by atoms with Gasteiger partial charge in [-0.1, -0.05) is 27.2 Å². The van der Waals surface area contributed by atoms with Crippen LogP contribution < -0.4 is 0 Å². The molecule has 0 aliphatic carbocycles. The third-order valence-corrected chi connectivity index (χ3v) is 2.93. The van der Waals surface area contributed by atoms with Crippen LogP contribution in [0.4, 0.5) is 0 Å². The van der Waals surface area contributed by atoms with Gasteiger partial charge in [0.2, 0.25) is 5.88 Å². The molecule has 0 spiro atoms. The van der Waals surface area contributed by atoms with E-state index in [4.69, 9.17) is 0 Å². The van der Waals surface area contributed by atoms with Crippen LogP contribution in [-0.2, 0) is 12.8 Å². The van der Waals surface area contributed by atoms with Crippen molar-refractivity contribution < 1.29 is 5.11 Å². The second-order valence-corrected chi connectivity index (χ2v) is 5.49. The Morgan fingerprint density at radius 1 is 1.24 bits per heavy atom. The van der Waals surface area contributed by atoms with Gasteiger partial charge in [0.25, 0.3) is 0 Å². The normalized spacial score (nSPS) is 11.7. The summed E-state index contributed by atoms with van der Waals surface area (Å²) in [5.74, 6) is 0.922. The number of hydrogen-bond acceptors (Lipinski definition) is 2. The van der Waals surface area contributed by atoms with Crippen LogP contribution in [0.3, 0.4) is 0 Å². The first-order valence-electron chi connectivity index (χ1n) is 6.76. The fourth-order valence-electron chi connectivity index (χ4n) is 2.03. The first kappa shape index (κ1) is 14.1. The predicted octanol–water partition coefficient (Wildman–Crippen LogP) is 3.71. The third kappa shape index (κ3) is 3.48. The van der Waals surface area contributed by atoms with E-state index in [1.54, 1.807) is 4.68 Å². The van der Waals surface area contributed by atoms with Crippen LogP contribution in [0.25, 0.3) is 0 Å². The summed E-state index contributed by atoms with van der Waals surface area (Å²) in [7, 11) is 0. The number of aromatic hydroxyl groups is 1. The topological polar surface area (TPSA) is 38.0 Å². The van der Waals surface area contributed by atoms with Crippen LogP contribution in [0.15, 0.2) is 0 Å². The van der Waals surface area contributed by atoms with Crippen LogP contribution in [-0.4, -0.2) is 14.9 Å². The summed E-state index contributed by atoms with van der Waals surface area (Å²) in [5.41, 5.74) is 2.15. The molecule has 0 saturated carbocycles. The van der Waals surface area contributed by atoms with Crippen molar-refractivity contribution in [3.63, 3.8) is 0 Å². The average molecular weight is 238 g/mol. The molecule has 17 heavy (non-hydrogen) atoms. The molecule has 0 radical (unpaired) electrons. The lowest BCUT2D eigenvalue weighted by atomic mass is 10.0. The molecule has 3 nitrogen and oxygen atoms in total. The molecule has 98 valence electrons. The highest BCUT2D eigenvalue weighted by Gasteiger charge is 2.18. The van der Waals surface area contributed by atoms with Crippen molar-refractivity contribution in [1.29, 1.82) is 0 Å². The second-order valence-electron chi connectivity index (χ2n) is 5.49. The van der Waals surface area contributed by atoms with Gasteiger partial charge in [-0.25, -0.2) is 4.68 Å². The van der Waals surface area contributed by atoms with Crippen LogP contribution in [0.5, 0.6) is 5.88 Å². The summed E-state index contributed by atoms with van der Waals surface area (Å²) in [4.78, 5) is 0. The third-order valence-electron chi connectivity index (χ3n) is 2.93. The number of nitrogens with zero attached hydrogens (tertiary/aromatic N) is 2. The zero-order valence-electron chi connectivity index (χ0n) is 11.8. The first-order chi connectivity index (χ1) is 7.97. The van der Waals surface area contributed by atoms with Gasteiger partial charge in [-0.15, -0.1) is 0 Å². The molecule has 1 rings (SSSR count). The molecule has 0 unspecified atom stereocenters. The van der Waals surface area contributed by atoms with E-state index in [0.29, 0.717) is 11.8 Å². The molecular formula is C14H26N2O. The highest BCUT2D eigenvalue weighted by molar-refractivity contribution is 5.31. The van der Waals surface area contributed by atoms with Crippen molar-refractivity contribution in [3.05, 3.63) is 11.3 Å². The Bertz CT molecular complexity index is 353. The van der Waals surface area contributed by atoms with E-state index in [2.05, 4.69) is 39.7 Å². The maximum atomic E-state index is 10.2. The minimum absolute atomic E-state index is 0.219. The first-order valence-corrected chi connectivity index (χ1v) is 6.76. The fourth-order valence-corrected chi connectivity index (χ4v) is 2.03. The lowest BCUT2D eigenvalue weighted by molar-refractivity contribution is 0.371. The van der Waals surface area contributed by atoms with Crippen molar-refractivity contribution in [1.82, 2.24) is 9.78 Å². The van der Waals surface area contributed by atoms with E-state index in [0.717, 1.165) is 36.9 Å². The smallest absolute Gasteiger partial charge is 0.213 e. The standard InChI is InChI=1S/C14H26N2O/c1-6-7-8-13-12(9-10(2)3)14(17)16(15-13)11(4)5/h10-11,17H,6-9H2,1-5H3. The van der Waals surface area contributed by atoms with Gasteiger partial charge in [0, 0.05) is 5.56 Å². The molecular weight excluding hydrogens is 212 g/mol. The van der Waals surface area contributed by atoms with Gasteiger partial charge in [-0.2, -0.15) is 5.10 Å². The summed E-state index contributed by atoms with van der Waals surface area (Å²) in [6, 6.07) is 0.219. The van der Waals surface area contributed by atoms with Crippen molar-refractivity contribution in [2.24, 2.45) is 5.92 Å². The molecule has 0 aliphatic rings. The zero-order chi connectivity index (χ0) is 13.0. The van der Waals surface area contributed by atoms with Gasteiger partial charge >= 0.3 is 0 Å². The molecule has 1 aromatic rings. The van der Waals surface area contributed by atoms with Gasteiger partial charge < -0.3 is 5.11 Å². The van der Waals surface area contributed by atoms with Crippen molar-refractivity contribution in [2.75, 3.05) is 0 Å². The summed E-state index contributed by atoms with van der Waals surface area (Å²) in [6.07, 6.45) is 4.19. The number of rotatable bonds is 6. The molecule has 0 aromatic carbocycles. The Morgan fingerprint density at radius 2 is 1.88 bits per heavy atom. The van der Waals surface area contributed by atoms with Crippen LogP contribution in [0, 0.1) is 5.92 Å². The quantitative estimate of drug-likeness (QED) is 0.820. The average Bonchev–Trinajstić information content (AvgIpc) is 2.53. The van der Waals surface area contributed by atoms with Gasteiger partial charge in [0.05, 0.1) is 11.7 Å². The molecule has 0 amide bonds. The van der Waals surface area contributed by atoms with Gasteiger partial charge in [0.15, 0.2) is 0 Å². The molecule has 0 fully saturated rings. The van der Waals surface area contributed by atoms with E-state index in [9.17, 15) is 5.11 Å². The van der Waals surface area contributed by atoms with Crippen molar-refractivity contribution in [3.8, 4) is 5.88 Å². The highest BCUT2D eigenvalue weighted by atomic mass is 16.3. The van der Waals surface area contributed by atoms with E-state index in [-0.39, 0.29) is 6.04 Å². The molecule has 3 heteroatoms. The van der Waals surface area contributed by atoms with E-state index < -0.39 is 0 Å². The minimum Gasteiger partial charge on any atom is -0.493 e. The van der Waals surface area contributed by atoms with Gasteiger partial charge in [-0.3, -0.25) is 0 Å². The number of aromatic nitrogens is 2. The Kier molecular flexibility index (Phi) is 5.03. The minimum atomic E-state index is 0.219. The number of unbranched alkanes of at least 4 members (excludes halogenated alkanes) is 1. The number of aryl methyl sites for hydroxylation is 1. The fraction of sp³-hybridized carbons (Fsp3) is 0.786.